The average molecular weight is 370 g/mol. The van der Waals surface area contributed by atoms with Crippen LogP contribution in [0.4, 0.5) is 0 Å². The Bertz CT molecular complexity index is 645. The van der Waals surface area contributed by atoms with E-state index < -0.39 is 0 Å². The van der Waals surface area contributed by atoms with Crippen molar-refractivity contribution < 1.29 is 4.79 Å². The minimum atomic E-state index is 0.170. The number of likely N-dealkylation sites (tertiary alicyclic amines) is 1. The van der Waals surface area contributed by atoms with Gasteiger partial charge in [-0.3, -0.25) is 4.79 Å². The summed E-state index contributed by atoms with van der Waals surface area (Å²) in [5.74, 6) is 1.20. The van der Waals surface area contributed by atoms with Crippen molar-refractivity contribution in [2.24, 2.45) is 5.92 Å². The Kier molecular flexibility index (Phi) is 5.84. The van der Waals surface area contributed by atoms with E-state index >= 15 is 0 Å². The zero-order valence-electron chi connectivity index (χ0n) is 16.9. The number of carbonyl (C=O) groups excluding carboxylic acids is 1. The third-order valence-corrected chi connectivity index (χ3v) is 7.05. The zero-order chi connectivity index (χ0) is 18.7. The van der Waals surface area contributed by atoms with E-state index in [4.69, 9.17) is 0 Å². The molecule has 2 fully saturated rings. The van der Waals surface area contributed by atoms with Crippen LogP contribution in [0.15, 0.2) is 24.3 Å². The molecule has 1 N–H and O–H groups in total. The van der Waals surface area contributed by atoms with Gasteiger partial charge in [-0.05, 0) is 75.3 Å². The van der Waals surface area contributed by atoms with Crippen LogP contribution in [0.25, 0.3) is 0 Å². The van der Waals surface area contributed by atoms with Gasteiger partial charge in [-0.15, -0.1) is 0 Å². The lowest BCUT2D eigenvalue weighted by Gasteiger charge is -2.49. The maximum Gasteiger partial charge on any atom is 0.222 e. The quantitative estimate of drug-likeness (QED) is 0.885. The molecule has 27 heavy (non-hydrogen) atoms. The first-order valence-electron chi connectivity index (χ1n) is 11.0. The van der Waals surface area contributed by atoms with Crippen molar-refractivity contribution in [2.75, 3.05) is 39.3 Å². The summed E-state index contributed by atoms with van der Waals surface area (Å²) in [7, 11) is 0. The molecule has 0 bridgehead atoms. The van der Waals surface area contributed by atoms with Crippen molar-refractivity contribution in [1.82, 2.24) is 15.1 Å². The Morgan fingerprint density at radius 3 is 2.67 bits per heavy atom. The van der Waals surface area contributed by atoms with Crippen molar-refractivity contribution in [3.8, 4) is 0 Å². The normalized spacial score (nSPS) is 23.4. The fourth-order valence-corrected chi connectivity index (χ4v) is 5.46. The first-order valence-corrected chi connectivity index (χ1v) is 11.0. The Hall–Kier alpha value is -1.39. The smallest absolute Gasteiger partial charge is 0.222 e. The van der Waals surface area contributed by atoms with E-state index in [1.54, 1.807) is 0 Å². The number of amides is 1. The summed E-state index contributed by atoms with van der Waals surface area (Å²) in [5.41, 5.74) is 3.06. The molecule has 4 rings (SSSR count). The molecule has 0 saturated carbocycles. The highest BCUT2D eigenvalue weighted by molar-refractivity contribution is 5.76. The van der Waals surface area contributed by atoms with Crippen LogP contribution in [0.3, 0.4) is 0 Å². The van der Waals surface area contributed by atoms with Gasteiger partial charge in [0.25, 0.3) is 0 Å². The van der Waals surface area contributed by atoms with Gasteiger partial charge in [0.05, 0.1) is 0 Å². The van der Waals surface area contributed by atoms with Crippen LogP contribution < -0.4 is 5.32 Å². The highest BCUT2D eigenvalue weighted by Gasteiger charge is 2.43. The Labute approximate surface area is 164 Å². The number of nitrogens with one attached hydrogen (secondary N) is 1. The van der Waals surface area contributed by atoms with Crippen molar-refractivity contribution in [3.05, 3.63) is 35.4 Å². The summed E-state index contributed by atoms with van der Waals surface area (Å²) in [6.45, 7) is 9.80. The highest BCUT2D eigenvalue weighted by Crippen LogP contribution is 2.42. The number of benzene rings is 1. The third kappa shape index (κ3) is 4.07. The number of piperidine rings is 2. The average Bonchev–Trinajstić information content (AvgIpc) is 2.71. The minimum Gasteiger partial charge on any atom is -0.337 e. The molecule has 3 aliphatic heterocycles. The molecule has 2 saturated heterocycles. The number of nitrogens with zero attached hydrogens (tertiary/aromatic N) is 2. The molecule has 1 aromatic rings. The Balaban J connectivity index is 1.47. The van der Waals surface area contributed by atoms with E-state index in [9.17, 15) is 4.79 Å². The van der Waals surface area contributed by atoms with Crippen molar-refractivity contribution in [1.29, 1.82) is 0 Å². The van der Waals surface area contributed by atoms with E-state index in [0.29, 0.717) is 12.3 Å². The molecule has 0 aromatic heterocycles. The maximum absolute atomic E-state index is 12.7. The zero-order valence-corrected chi connectivity index (χ0v) is 16.9. The highest BCUT2D eigenvalue weighted by atomic mass is 16.2. The van der Waals surface area contributed by atoms with Crippen LogP contribution in [-0.4, -0.2) is 55.0 Å². The molecule has 0 radical (unpaired) electrons. The monoisotopic (exact) mass is 369 g/mol. The first-order chi connectivity index (χ1) is 13.2. The van der Waals surface area contributed by atoms with Crippen LogP contribution in [-0.2, 0) is 16.8 Å². The number of hydrogen-bond acceptors (Lipinski definition) is 3. The van der Waals surface area contributed by atoms with E-state index in [0.717, 1.165) is 25.4 Å². The fraction of sp³-hybridized carbons (Fsp3) is 0.696. The van der Waals surface area contributed by atoms with Gasteiger partial charge >= 0.3 is 0 Å². The molecule has 4 nitrogen and oxygen atoms in total. The standard InChI is InChI=1S/C23H35N3O/c1-2-5-22(27)26-17-20-6-3-4-7-21(20)23(18-26)10-14-25(15-11-23)16-19-8-12-24-13-9-19/h3-4,6-7,19,24H,2,5,8-18H2,1H3. The molecule has 4 heteroatoms. The fourth-order valence-electron chi connectivity index (χ4n) is 5.46. The summed E-state index contributed by atoms with van der Waals surface area (Å²) in [6, 6.07) is 8.89. The van der Waals surface area contributed by atoms with E-state index in [1.165, 1.54) is 69.5 Å². The lowest BCUT2D eigenvalue weighted by molar-refractivity contribution is -0.133. The van der Waals surface area contributed by atoms with E-state index in [1.807, 2.05) is 0 Å². The molecule has 1 amide bonds. The van der Waals surface area contributed by atoms with Crippen LogP contribution in [0.2, 0.25) is 0 Å². The topological polar surface area (TPSA) is 35.6 Å². The van der Waals surface area contributed by atoms with Crippen molar-refractivity contribution >= 4 is 5.91 Å². The molecular formula is C23H35N3O. The second-order valence-electron chi connectivity index (χ2n) is 8.93. The lowest BCUT2D eigenvalue weighted by Crippen LogP contribution is -2.53. The van der Waals surface area contributed by atoms with Gasteiger partial charge in [0, 0.05) is 31.5 Å². The molecule has 148 valence electrons. The summed E-state index contributed by atoms with van der Waals surface area (Å²) < 4.78 is 0. The van der Waals surface area contributed by atoms with Crippen molar-refractivity contribution in [2.45, 2.75) is 57.4 Å². The molecule has 1 spiro atoms. The molecule has 0 atom stereocenters. The molecule has 3 heterocycles. The molecule has 1 aromatic carbocycles. The van der Waals surface area contributed by atoms with Gasteiger partial charge in [-0.25, -0.2) is 0 Å². The predicted molar refractivity (Wildman–Crippen MR) is 110 cm³/mol. The van der Waals surface area contributed by atoms with Gasteiger partial charge < -0.3 is 15.1 Å². The largest absolute Gasteiger partial charge is 0.337 e. The predicted octanol–water partition coefficient (Wildman–Crippen LogP) is 3.16. The Morgan fingerprint density at radius 2 is 1.93 bits per heavy atom. The van der Waals surface area contributed by atoms with Gasteiger partial charge in [-0.1, -0.05) is 31.2 Å². The number of hydrogen-bond donors (Lipinski definition) is 1. The van der Waals surface area contributed by atoms with Gasteiger partial charge in [0.15, 0.2) is 0 Å². The van der Waals surface area contributed by atoms with Crippen LogP contribution >= 0.6 is 0 Å². The number of rotatable bonds is 4. The maximum atomic E-state index is 12.7. The lowest BCUT2D eigenvalue weighted by atomic mass is 9.68. The summed E-state index contributed by atoms with van der Waals surface area (Å²) >= 11 is 0. The first kappa shape index (κ1) is 18.9. The second kappa shape index (κ2) is 8.32. The number of fused-ring (bicyclic) bond motifs is 2. The van der Waals surface area contributed by atoms with E-state index in [-0.39, 0.29) is 5.41 Å². The van der Waals surface area contributed by atoms with Crippen LogP contribution in [0, 0.1) is 5.92 Å². The third-order valence-electron chi connectivity index (χ3n) is 7.05. The molecule has 0 unspecified atom stereocenters. The SMILES string of the molecule is CCCC(=O)N1Cc2ccccc2C2(CCN(CC3CCNCC3)CC2)C1. The number of carbonyl (C=O) groups is 1. The Morgan fingerprint density at radius 1 is 1.19 bits per heavy atom. The second-order valence-corrected chi connectivity index (χ2v) is 8.93. The van der Waals surface area contributed by atoms with Crippen molar-refractivity contribution in [3.63, 3.8) is 0 Å². The van der Waals surface area contributed by atoms with Crippen LogP contribution in [0.1, 0.15) is 56.6 Å². The molecule has 3 aliphatic rings. The summed E-state index contributed by atoms with van der Waals surface area (Å²) in [4.78, 5) is 17.5. The van der Waals surface area contributed by atoms with E-state index in [2.05, 4.69) is 46.3 Å². The summed E-state index contributed by atoms with van der Waals surface area (Å²) in [5, 5.41) is 3.48. The van der Waals surface area contributed by atoms with Gasteiger partial charge in [0.1, 0.15) is 0 Å². The summed E-state index contributed by atoms with van der Waals surface area (Å²) in [6.07, 6.45) is 6.64. The van der Waals surface area contributed by atoms with Crippen LogP contribution in [0.5, 0.6) is 0 Å². The van der Waals surface area contributed by atoms with Gasteiger partial charge in [0.2, 0.25) is 5.91 Å². The molecule has 0 aliphatic carbocycles. The minimum absolute atomic E-state index is 0.170. The molecular weight excluding hydrogens is 334 g/mol. The van der Waals surface area contributed by atoms with Gasteiger partial charge in [-0.2, -0.15) is 0 Å².